The first-order chi connectivity index (χ1) is 13.1. The number of carbonyl (C=O) groups is 2. The van der Waals surface area contributed by atoms with Gasteiger partial charge in [0.15, 0.2) is 5.76 Å². The lowest BCUT2D eigenvalue weighted by atomic mass is 9.95. The fourth-order valence-corrected chi connectivity index (χ4v) is 4.01. The summed E-state index contributed by atoms with van der Waals surface area (Å²) < 4.78 is 7.15. The summed E-state index contributed by atoms with van der Waals surface area (Å²) in [7, 11) is 2.03. The summed E-state index contributed by atoms with van der Waals surface area (Å²) in [5.41, 5.74) is 0. The summed E-state index contributed by atoms with van der Waals surface area (Å²) in [6, 6.07) is 3.13. The zero-order valence-corrected chi connectivity index (χ0v) is 15.6. The Labute approximate surface area is 158 Å². The van der Waals surface area contributed by atoms with Gasteiger partial charge in [0.1, 0.15) is 11.6 Å². The van der Waals surface area contributed by atoms with Crippen LogP contribution in [0.1, 0.15) is 53.8 Å². The van der Waals surface area contributed by atoms with Crippen LogP contribution in [0.5, 0.6) is 0 Å². The third-order valence-electron chi connectivity index (χ3n) is 5.65. The molecule has 0 saturated carbocycles. The van der Waals surface area contributed by atoms with Crippen molar-refractivity contribution in [2.45, 2.75) is 38.1 Å². The largest absolute Gasteiger partial charge is 0.461 e. The van der Waals surface area contributed by atoms with Gasteiger partial charge >= 0.3 is 0 Å². The maximum Gasteiger partial charge on any atom is 0.298 e. The monoisotopic (exact) mass is 371 g/mol. The van der Waals surface area contributed by atoms with E-state index < -0.39 is 11.7 Å². The molecule has 8 heteroatoms. The molecule has 2 aliphatic rings. The molecule has 0 bridgehead atoms. The number of hydrogen-bond donors (Lipinski definition) is 0. The molecule has 0 aromatic carbocycles. The van der Waals surface area contributed by atoms with Crippen LogP contribution < -0.4 is 0 Å². The third kappa shape index (κ3) is 3.66. The van der Waals surface area contributed by atoms with Crippen LogP contribution in [0.2, 0.25) is 0 Å². The van der Waals surface area contributed by atoms with Crippen molar-refractivity contribution in [1.29, 1.82) is 0 Å². The summed E-state index contributed by atoms with van der Waals surface area (Å²) in [6.45, 7) is 4.20. The minimum atomic E-state index is -0.579. The molecular weight excluding hydrogens is 346 g/mol. The maximum atomic E-state index is 12.4. The van der Waals surface area contributed by atoms with Gasteiger partial charge in [-0.1, -0.05) is 0 Å². The third-order valence-corrected chi connectivity index (χ3v) is 5.65. The molecule has 8 nitrogen and oxygen atoms in total. The lowest BCUT2D eigenvalue weighted by Gasteiger charge is -2.30. The predicted octanol–water partition coefficient (Wildman–Crippen LogP) is 1.59. The van der Waals surface area contributed by atoms with Crippen LogP contribution in [0.4, 0.5) is 0 Å². The molecule has 2 saturated heterocycles. The highest BCUT2D eigenvalue weighted by Crippen LogP contribution is 2.27. The van der Waals surface area contributed by atoms with Crippen LogP contribution in [0.15, 0.2) is 22.8 Å². The van der Waals surface area contributed by atoms with Gasteiger partial charge in [0.25, 0.3) is 11.7 Å². The topological polar surface area (TPSA) is 84.5 Å². The van der Waals surface area contributed by atoms with Gasteiger partial charge in [0.05, 0.1) is 12.8 Å². The normalized spacial score (nSPS) is 18.9. The fraction of sp³-hybridized carbons (Fsp3) is 0.579. The fourth-order valence-electron chi connectivity index (χ4n) is 4.01. The summed E-state index contributed by atoms with van der Waals surface area (Å²) in [6.07, 6.45) is 5.49. The van der Waals surface area contributed by atoms with E-state index in [1.165, 1.54) is 25.2 Å². The molecule has 1 amide bonds. The molecular formula is C19H25N5O3. The molecule has 4 rings (SSSR count). The number of amides is 1. The Morgan fingerprint density at radius 3 is 2.56 bits per heavy atom. The van der Waals surface area contributed by atoms with Crippen molar-refractivity contribution in [1.82, 2.24) is 24.6 Å². The van der Waals surface area contributed by atoms with Crippen molar-refractivity contribution in [3.8, 4) is 0 Å². The highest BCUT2D eigenvalue weighted by Gasteiger charge is 2.31. The first kappa shape index (κ1) is 17.9. The zero-order valence-electron chi connectivity index (χ0n) is 15.6. The van der Waals surface area contributed by atoms with Crippen molar-refractivity contribution in [3.05, 3.63) is 35.8 Å². The van der Waals surface area contributed by atoms with Crippen LogP contribution in [0, 0.1) is 0 Å². The highest BCUT2D eigenvalue weighted by molar-refractivity contribution is 6.41. The molecule has 2 fully saturated rings. The number of likely N-dealkylation sites (tertiary alicyclic amines) is 2. The van der Waals surface area contributed by atoms with Crippen molar-refractivity contribution in [3.63, 3.8) is 0 Å². The van der Waals surface area contributed by atoms with Gasteiger partial charge in [0, 0.05) is 26.1 Å². The number of Topliss-reactive ketones (excluding diaryl/α,β-unsaturated/α-hetero) is 1. The SMILES string of the molecule is Cn1c(CN2CCCC2)nnc1C1CCN(C(=O)C(=O)c2ccco2)CC1. The summed E-state index contributed by atoms with van der Waals surface area (Å²) in [4.78, 5) is 28.6. The Morgan fingerprint density at radius 2 is 1.89 bits per heavy atom. The highest BCUT2D eigenvalue weighted by atomic mass is 16.3. The number of ketones is 1. The van der Waals surface area contributed by atoms with Gasteiger partial charge in [-0.3, -0.25) is 14.5 Å². The molecule has 2 aliphatic heterocycles. The molecule has 0 unspecified atom stereocenters. The Hall–Kier alpha value is -2.48. The first-order valence-electron chi connectivity index (χ1n) is 9.61. The van der Waals surface area contributed by atoms with E-state index in [1.54, 1.807) is 11.0 Å². The van der Waals surface area contributed by atoms with E-state index >= 15 is 0 Å². The van der Waals surface area contributed by atoms with E-state index in [0.717, 1.165) is 44.1 Å². The standard InChI is InChI=1S/C19H25N5O3/c1-22-16(13-23-8-2-3-9-23)20-21-18(22)14-6-10-24(11-7-14)19(26)17(25)15-5-4-12-27-15/h4-5,12,14H,2-3,6-11,13H2,1H3. The van der Waals surface area contributed by atoms with Gasteiger partial charge in [-0.15, -0.1) is 10.2 Å². The van der Waals surface area contributed by atoms with Crippen molar-refractivity contribution < 1.29 is 14.0 Å². The number of piperidine rings is 1. The van der Waals surface area contributed by atoms with Crippen molar-refractivity contribution >= 4 is 11.7 Å². The smallest absolute Gasteiger partial charge is 0.298 e. The molecule has 2 aromatic rings. The van der Waals surface area contributed by atoms with E-state index in [2.05, 4.69) is 19.7 Å². The van der Waals surface area contributed by atoms with E-state index in [4.69, 9.17) is 4.42 Å². The first-order valence-corrected chi connectivity index (χ1v) is 9.61. The second-order valence-electron chi connectivity index (χ2n) is 7.39. The molecule has 0 atom stereocenters. The van der Waals surface area contributed by atoms with Crippen LogP contribution in [-0.2, 0) is 18.4 Å². The lowest BCUT2D eigenvalue weighted by Crippen LogP contribution is -2.42. The Bertz CT molecular complexity index is 799. The van der Waals surface area contributed by atoms with E-state index in [0.29, 0.717) is 13.1 Å². The summed E-state index contributed by atoms with van der Waals surface area (Å²) in [5, 5.41) is 8.82. The number of furan rings is 1. The Balaban J connectivity index is 1.36. The van der Waals surface area contributed by atoms with Gasteiger partial charge < -0.3 is 13.9 Å². The number of nitrogens with zero attached hydrogens (tertiary/aromatic N) is 5. The van der Waals surface area contributed by atoms with Crippen LogP contribution >= 0.6 is 0 Å². The van der Waals surface area contributed by atoms with Gasteiger partial charge in [-0.2, -0.15) is 0 Å². The minimum Gasteiger partial charge on any atom is -0.461 e. The second kappa shape index (κ2) is 7.64. The molecule has 27 heavy (non-hydrogen) atoms. The van der Waals surface area contributed by atoms with Crippen LogP contribution in [-0.4, -0.2) is 62.4 Å². The average Bonchev–Trinajstić information content (AvgIpc) is 3.45. The van der Waals surface area contributed by atoms with Gasteiger partial charge in [-0.05, 0) is 50.9 Å². The van der Waals surface area contributed by atoms with E-state index in [9.17, 15) is 9.59 Å². The average molecular weight is 371 g/mol. The van der Waals surface area contributed by atoms with E-state index in [1.807, 2.05) is 7.05 Å². The summed E-state index contributed by atoms with van der Waals surface area (Å²) in [5.74, 6) is 1.27. The van der Waals surface area contributed by atoms with Crippen LogP contribution in [0.25, 0.3) is 0 Å². The number of aromatic nitrogens is 3. The van der Waals surface area contributed by atoms with Crippen molar-refractivity contribution in [2.24, 2.45) is 7.05 Å². The second-order valence-corrected chi connectivity index (χ2v) is 7.39. The molecule has 144 valence electrons. The predicted molar refractivity (Wildman–Crippen MR) is 97.1 cm³/mol. The zero-order chi connectivity index (χ0) is 18.8. The molecule has 0 spiro atoms. The van der Waals surface area contributed by atoms with E-state index in [-0.39, 0.29) is 11.7 Å². The number of carbonyl (C=O) groups excluding carboxylic acids is 2. The van der Waals surface area contributed by atoms with Crippen LogP contribution in [0.3, 0.4) is 0 Å². The van der Waals surface area contributed by atoms with Gasteiger partial charge in [0.2, 0.25) is 0 Å². The van der Waals surface area contributed by atoms with Crippen molar-refractivity contribution in [2.75, 3.05) is 26.2 Å². The Kier molecular flexibility index (Phi) is 5.07. The number of rotatable bonds is 5. The number of hydrogen-bond acceptors (Lipinski definition) is 6. The maximum absolute atomic E-state index is 12.4. The molecule has 2 aromatic heterocycles. The van der Waals surface area contributed by atoms with Gasteiger partial charge in [-0.25, -0.2) is 0 Å². The molecule has 0 N–H and O–H groups in total. The Morgan fingerprint density at radius 1 is 1.15 bits per heavy atom. The lowest BCUT2D eigenvalue weighted by molar-refractivity contribution is -0.127. The molecule has 0 radical (unpaired) electrons. The summed E-state index contributed by atoms with van der Waals surface area (Å²) >= 11 is 0. The minimum absolute atomic E-state index is 0.0991. The molecule has 4 heterocycles. The quantitative estimate of drug-likeness (QED) is 0.586. The molecule has 0 aliphatic carbocycles.